The van der Waals surface area contributed by atoms with Gasteiger partial charge in [0.15, 0.2) is 5.69 Å². The number of carbonyl (C=O) groups excluding carboxylic acids is 1. The normalized spacial score (nSPS) is 11.4. The number of thiol groups is 2. The molecule has 0 unspecified atom stereocenters. The first-order valence-corrected chi connectivity index (χ1v) is 4.94. The van der Waals surface area contributed by atoms with Crippen molar-refractivity contribution in [1.82, 2.24) is 3.29 Å². The summed E-state index contributed by atoms with van der Waals surface area (Å²) in [7, 11) is 0. The molecule has 0 aliphatic carbocycles. The van der Waals surface area contributed by atoms with Gasteiger partial charge in [-0.3, -0.25) is 0 Å². The maximum atomic E-state index is 10.8. The fourth-order valence-electron chi connectivity index (χ4n) is 1.21. The molecule has 0 atom stereocenters. The molecule has 0 heterocycles. The highest BCUT2D eigenvalue weighted by molar-refractivity contribution is 7.98. The van der Waals surface area contributed by atoms with Crippen LogP contribution in [0.3, 0.4) is 0 Å². The first-order valence-electron chi connectivity index (χ1n) is 4.14. The number of amides is 1. The number of benzene rings is 1. The molecule has 14 heavy (non-hydrogen) atoms. The van der Waals surface area contributed by atoms with Crippen LogP contribution < -0.4 is 8.40 Å². The maximum absolute atomic E-state index is 10.8. The predicted molar refractivity (Wildman–Crippen MR) is 61.0 cm³/mol. The summed E-state index contributed by atoms with van der Waals surface area (Å²) in [6.07, 6.45) is -0.637. The first kappa shape index (κ1) is 11.4. The summed E-state index contributed by atoms with van der Waals surface area (Å²) in [6.45, 7) is 1.94. The van der Waals surface area contributed by atoms with Gasteiger partial charge in [-0.25, -0.2) is 0 Å². The zero-order valence-corrected chi connectivity index (χ0v) is 9.46. The van der Waals surface area contributed by atoms with E-state index < -0.39 is 9.39 Å². The highest BCUT2D eigenvalue weighted by Crippen LogP contribution is 2.32. The Balaban J connectivity index is 3.24. The molecule has 0 N–H and O–H groups in total. The Kier molecular flexibility index (Phi) is 3.47. The molecule has 0 saturated carbocycles. The van der Waals surface area contributed by atoms with E-state index in [-0.39, 0.29) is 0 Å². The van der Waals surface area contributed by atoms with Gasteiger partial charge in [-0.1, -0.05) is 25.1 Å². The Hall–Kier alpha value is -0.650. The molecule has 1 aromatic carbocycles. The summed E-state index contributed by atoms with van der Waals surface area (Å²) in [5, 5.41) is 10.8. The second kappa shape index (κ2) is 4.25. The van der Waals surface area contributed by atoms with Crippen molar-refractivity contribution < 1.29 is 9.90 Å². The van der Waals surface area contributed by atoms with Gasteiger partial charge >= 0.3 is 0 Å². The van der Waals surface area contributed by atoms with Crippen molar-refractivity contribution in [2.75, 3.05) is 0 Å². The van der Waals surface area contributed by atoms with E-state index in [9.17, 15) is 9.90 Å². The van der Waals surface area contributed by atoms with Crippen LogP contribution in [-0.4, -0.2) is 6.09 Å². The average molecular weight is 229 g/mol. The van der Waals surface area contributed by atoms with Gasteiger partial charge in [-0.05, 0) is 6.42 Å². The van der Waals surface area contributed by atoms with Gasteiger partial charge in [0.2, 0.25) is 0 Å². The number of hydrogen-bond donors (Lipinski definition) is 2. The minimum absolute atomic E-state index is 0.515. The Bertz CT molecular complexity index is 352. The second-order valence-electron chi connectivity index (χ2n) is 2.85. The van der Waals surface area contributed by atoms with Crippen LogP contribution in [0.5, 0.6) is 0 Å². The van der Waals surface area contributed by atoms with Gasteiger partial charge < -0.3 is 9.90 Å². The lowest BCUT2D eigenvalue weighted by molar-refractivity contribution is -0.253. The molecule has 1 rings (SSSR count). The molecular formula is C9H11NO2S2. The van der Waals surface area contributed by atoms with Crippen LogP contribution in [0.1, 0.15) is 12.5 Å². The number of nitrogens with zero attached hydrogens (tertiary/aromatic N) is 1. The Labute approximate surface area is 94.0 Å². The van der Waals surface area contributed by atoms with Crippen LogP contribution in [0.25, 0.3) is 0 Å². The van der Waals surface area contributed by atoms with Crippen molar-refractivity contribution in [3.63, 3.8) is 0 Å². The zero-order chi connectivity index (χ0) is 10.8. The van der Waals surface area contributed by atoms with Gasteiger partial charge in [0.1, 0.15) is 0 Å². The molecule has 1 amide bonds. The summed E-state index contributed by atoms with van der Waals surface area (Å²) in [6, 6.07) is 7.11. The fraction of sp³-hybridized carbons (Fsp3) is 0.222. The van der Waals surface area contributed by atoms with Gasteiger partial charge in [-0.15, -0.1) is 3.29 Å². The van der Waals surface area contributed by atoms with Crippen molar-refractivity contribution in [1.29, 1.82) is 0 Å². The molecule has 1 aromatic rings. The second-order valence-corrected chi connectivity index (χ2v) is 4.36. The lowest BCUT2D eigenvalue weighted by atomic mass is 10.1. The highest BCUT2D eigenvalue weighted by atomic mass is 32.2. The fourth-order valence-corrected chi connectivity index (χ4v) is 1.60. The number of aryl methyl sites for hydroxylation is 1. The van der Waals surface area contributed by atoms with Crippen LogP contribution in [-0.2, 0) is 6.42 Å². The van der Waals surface area contributed by atoms with Crippen molar-refractivity contribution >= 4 is 37.4 Å². The quantitative estimate of drug-likeness (QED) is 0.597. The van der Waals surface area contributed by atoms with E-state index in [0.717, 1.165) is 12.0 Å². The molecule has 0 aromatic heterocycles. The molecule has 0 aliphatic heterocycles. The molecule has 0 saturated heterocycles. The van der Waals surface area contributed by atoms with Crippen LogP contribution in [0.15, 0.2) is 24.3 Å². The van der Waals surface area contributed by atoms with Crippen LogP contribution in [0.2, 0.25) is 0 Å². The van der Waals surface area contributed by atoms with Crippen molar-refractivity contribution in [3.8, 4) is 0 Å². The monoisotopic (exact) mass is 229 g/mol. The summed E-state index contributed by atoms with van der Waals surface area (Å²) in [5.41, 5.74) is 1.41. The van der Waals surface area contributed by atoms with Crippen LogP contribution in [0, 0.1) is 0 Å². The Morgan fingerprint density at radius 2 is 2.00 bits per heavy atom. The number of quaternary nitrogens is 1. The molecule has 76 valence electrons. The van der Waals surface area contributed by atoms with Crippen molar-refractivity contribution in [2.24, 2.45) is 0 Å². The zero-order valence-electron chi connectivity index (χ0n) is 7.67. The third-order valence-corrected chi connectivity index (χ3v) is 2.72. The predicted octanol–water partition coefficient (Wildman–Crippen LogP) is 1.59. The van der Waals surface area contributed by atoms with Crippen LogP contribution in [0.4, 0.5) is 10.5 Å². The average Bonchev–Trinajstić information content (AvgIpc) is 2.17. The first-order chi connectivity index (χ1) is 6.50. The maximum Gasteiger partial charge on any atom is 0.287 e. The lowest BCUT2D eigenvalue weighted by Gasteiger charge is -2.24. The van der Waals surface area contributed by atoms with E-state index in [1.807, 2.05) is 19.1 Å². The van der Waals surface area contributed by atoms with Crippen LogP contribution >= 0.6 is 25.6 Å². The van der Waals surface area contributed by atoms with Gasteiger partial charge in [-0.2, -0.15) is 0 Å². The molecule has 0 spiro atoms. The van der Waals surface area contributed by atoms with Crippen molar-refractivity contribution in [2.45, 2.75) is 13.3 Å². The Morgan fingerprint density at radius 1 is 1.43 bits per heavy atom. The molecule has 0 fully saturated rings. The largest absolute Gasteiger partial charge is 0.496 e. The summed E-state index contributed by atoms with van der Waals surface area (Å²) in [5.74, 6) is 0. The van der Waals surface area contributed by atoms with E-state index in [4.69, 9.17) is 0 Å². The van der Waals surface area contributed by atoms with Gasteiger partial charge in [0, 0.05) is 11.6 Å². The topological polar surface area (TPSA) is 40.1 Å². The van der Waals surface area contributed by atoms with Gasteiger partial charge in [0.25, 0.3) is 6.09 Å². The molecule has 5 heteroatoms. The smallest absolute Gasteiger partial charge is 0.287 e. The number of carboxylic acid groups (broad SMARTS) is 1. The number of para-hydroxylation sites is 1. The van der Waals surface area contributed by atoms with E-state index in [2.05, 4.69) is 25.6 Å². The minimum atomic E-state index is -1.36. The SMILES string of the molecule is CCc1ccccc1[N+](S)(S)C(=O)[O-]. The molecule has 0 aliphatic rings. The molecular weight excluding hydrogens is 218 g/mol. The minimum Gasteiger partial charge on any atom is -0.496 e. The number of hydrogen-bond acceptors (Lipinski definition) is 4. The third kappa shape index (κ3) is 2.05. The summed E-state index contributed by atoms with van der Waals surface area (Å²) >= 11 is 7.87. The van der Waals surface area contributed by atoms with E-state index in [0.29, 0.717) is 5.69 Å². The molecule has 0 radical (unpaired) electrons. The summed E-state index contributed by atoms with van der Waals surface area (Å²) in [4.78, 5) is 10.8. The van der Waals surface area contributed by atoms with Gasteiger partial charge in [0.05, 0.1) is 25.6 Å². The summed E-state index contributed by atoms with van der Waals surface area (Å²) < 4.78 is -0.843. The third-order valence-electron chi connectivity index (χ3n) is 1.96. The highest BCUT2D eigenvalue weighted by Gasteiger charge is 2.28. The van der Waals surface area contributed by atoms with E-state index in [1.165, 1.54) is 0 Å². The molecule has 0 bridgehead atoms. The number of carbonyl (C=O) groups is 1. The standard InChI is InChI=1S/C9H11NO2S2/c1-2-7-5-3-4-6-8(7)10(13,14)9(11)12/h3-6,13-14H,2H2,1H3. The Morgan fingerprint density at radius 3 is 2.50 bits per heavy atom. The molecule has 3 nitrogen and oxygen atoms in total. The lowest BCUT2D eigenvalue weighted by Crippen LogP contribution is -2.46. The van der Waals surface area contributed by atoms with E-state index >= 15 is 0 Å². The van der Waals surface area contributed by atoms with Crippen molar-refractivity contribution in [3.05, 3.63) is 29.8 Å². The van der Waals surface area contributed by atoms with E-state index in [1.54, 1.807) is 12.1 Å². The number of rotatable bonds is 2.